The third kappa shape index (κ3) is 4.17. The van der Waals surface area contributed by atoms with Gasteiger partial charge < -0.3 is 10.1 Å². The molecule has 2 aliphatic rings. The predicted octanol–water partition coefficient (Wildman–Crippen LogP) is 4.23. The number of ether oxygens (including phenoxy) is 1. The number of amides is 3. The Morgan fingerprint density at radius 2 is 1.55 bits per heavy atom. The Kier molecular flexibility index (Phi) is 5.75. The molecule has 0 bridgehead atoms. The van der Waals surface area contributed by atoms with E-state index in [0.717, 1.165) is 24.0 Å². The smallest absolute Gasteiger partial charge is 0.261 e. The minimum Gasteiger partial charge on any atom is -0.376 e. The van der Waals surface area contributed by atoms with Crippen molar-refractivity contribution < 1.29 is 19.1 Å². The second-order valence-corrected chi connectivity index (χ2v) is 8.36. The summed E-state index contributed by atoms with van der Waals surface area (Å²) in [7, 11) is 0. The largest absolute Gasteiger partial charge is 0.376 e. The summed E-state index contributed by atoms with van der Waals surface area (Å²) in [5, 5.41) is 2.95. The maximum atomic E-state index is 13.4. The zero-order valence-electron chi connectivity index (χ0n) is 18.1. The first kappa shape index (κ1) is 21.1. The van der Waals surface area contributed by atoms with Gasteiger partial charge in [-0.3, -0.25) is 19.3 Å². The van der Waals surface area contributed by atoms with Crippen molar-refractivity contribution >= 4 is 23.4 Å². The Bertz CT molecular complexity index is 1150. The van der Waals surface area contributed by atoms with E-state index in [1.165, 1.54) is 4.90 Å². The predicted molar refractivity (Wildman–Crippen MR) is 124 cm³/mol. The fourth-order valence-corrected chi connectivity index (χ4v) is 4.53. The van der Waals surface area contributed by atoms with E-state index in [1.54, 1.807) is 18.2 Å². The highest BCUT2D eigenvalue weighted by Gasteiger charge is 2.37. The van der Waals surface area contributed by atoms with Crippen molar-refractivity contribution in [3.63, 3.8) is 0 Å². The van der Waals surface area contributed by atoms with Crippen LogP contribution in [0.15, 0.2) is 78.9 Å². The second-order valence-electron chi connectivity index (χ2n) is 8.36. The molecule has 2 heterocycles. The van der Waals surface area contributed by atoms with Gasteiger partial charge in [0, 0.05) is 12.3 Å². The van der Waals surface area contributed by atoms with Crippen LogP contribution in [-0.4, -0.2) is 41.9 Å². The topological polar surface area (TPSA) is 75.7 Å². The number of nitrogens with zero attached hydrogens (tertiary/aromatic N) is 1. The molecule has 1 atom stereocenters. The Morgan fingerprint density at radius 1 is 0.909 bits per heavy atom. The molecule has 3 amide bonds. The third-order valence-electron chi connectivity index (χ3n) is 6.18. The Balaban J connectivity index is 1.39. The van der Waals surface area contributed by atoms with Gasteiger partial charge >= 0.3 is 0 Å². The number of fused-ring (bicyclic) bond motifs is 1. The Morgan fingerprint density at radius 3 is 2.15 bits per heavy atom. The van der Waals surface area contributed by atoms with Crippen LogP contribution in [-0.2, 0) is 9.53 Å². The second kappa shape index (κ2) is 9.00. The fraction of sp³-hybridized carbons (Fsp3) is 0.222. The van der Waals surface area contributed by atoms with E-state index in [2.05, 4.69) is 5.32 Å². The molecule has 0 aromatic heterocycles. The van der Waals surface area contributed by atoms with E-state index in [-0.39, 0.29) is 30.4 Å². The monoisotopic (exact) mass is 440 g/mol. The summed E-state index contributed by atoms with van der Waals surface area (Å²) in [6.07, 6.45) is 1.67. The van der Waals surface area contributed by atoms with Gasteiger partial charge in [-0.05, 0) is 42.2 Å². The average molecular weight is 440 g/mol. The summed E-state index contributed by atoms with van der Waals surface area (Å²) in [6, 6.07) is 24.0. The molecule has 3 aromatic carbocycles. The van der Waals surface area contributed by atoms with Gasteiger partial charge in [-0.25, -0.2) is 0 Å². The van der Waals surface area contributed by atoms with Gasteiger partial charge in [-0.15, -0.1) is 0 Å². The van der Waals surface area contributed by atoms with E-state index in [4.69, 9.17) is 4.74 Å². The lowest BCUT2D eigenvalue weighted by molar-refractivity contribution is -0.116. The molecular weight excluding hydrogens is 416 g/mol. The van der Waals surface area contributed by atoms with E-state index >= 15 is 0 Å². The highest BCUT2D eigenvalue weighted by molar-refractivity contribution is 6.22. The summed E-state index contributed by atoms with van der Waals surface area (Å²) < 4.78 is 5.59. The lowest BCUT2D eigenvalue weighted by Crippen LogP contribution is -2.36. The van der Waals surface area contributed by atoms with E-state index in [9.17, 15) is 14.4 Å². The van der Waals surface area contributed by atoms with Crippen LogP contribution in [0.1, 0.15) is 50.6 Å². The van der Waals surface area contributed by atoms with Crippen molar-refractivity contribution in [2.75, 3.05) is 18.5 Å². The van der Waals surface area contributed by atoms with Gasteiger partial charge in [-0.2, -0.15) is 0 Å². The zero-order chi connectivity index (χ0) is 22.8. The quantitative estimate of drug-likeness (QED) is 0.582. The van der Waals surface area contributed by atoms with Gasteiger partial charge in [0.05, 0.1) is 29.7 Å². The molecule has 1 N–H and O–H groups in total. The molecule has 1 fully saturated rings. The SMILES string of the molecule is O=C(Nc1ccc2c(c1)C(=O)N(C[C@H]1CCCO1)C2=O)C(c1ccccc1)c1ccccc1. The molecule has 33 heavy (non-hydrogen) atoms. The maximum Gasteiger partial charge on any atom is 0.261 e. The Labute approximate surface area is 192 Å². The molecule has 1 saturated heterocycles. The van der Waals surface area contributed by atoms with Gasteiger partial charge in [0.25, 0.3) is 11.8 Å². The minimum atomic E-state index is -0.506. The highest BCUT2D eigenvalue weighted by Crippen LogP contribution is 2.30. The van der Waals surface area contributed by atoms with Crippen molar-refractivity contribution in [1.82, 2.24) is 4.90 Å². The number of benzene rings is 3. The highest BCUT2D eigenvalue weighted by atomic mass is 16.5. The molecule has 2 aliphatic heterocycles. The molecule has 3 aromatic rings. The molecule has 0 unspecified atom stereocenters. The molecule has 0 saturated carbocycles. The summed E-state index contributed by atoms with van der Waals surface area (Å²) in [5.74, 6) is -1.37. The average Bonchev–Trinajstić information content (AvgIpc) is 3.44. The van der Waals surface area contributed by atoms with Crippen LogP contribution in [0.4, 0.5) is 5.69 Å². The molecule has 0 aliphatic carbocycles. The minimum absolute atomic E-state index is 0.108. The summed E-state index contributed by atoms with van der Waals surface area (Å²) in [4.78, 5) is 40.3. The third-order valence-corrected chi connectivity index (χ3v) is 6.18. The molecular formula is C27H24N2O4. The number of carbonyl (C=O) groups excluding carboxylic acids is 3. The van der Waals surface area contributed by atoms with Crippen molar-refractivity contribution in [3.8, 4) is 0 Å². The number of hydrogen-bond acceptors (Lipinski definition) is 4. The maximum absolute atomic E-state index is 13.4. The first-order chi connectivity index (χ1) is 16.1. The number of anilines is 1. The summed E-state index contributed by atoms with van der Waals surface area (Å²) in [6.45, 7) is 0.923. The van der Waals surface area contributed by atoms with Crippen LogP contribution in [0.3, 0.4) is 0 Å². The van der Waals surface area contributed by atoms with Crippen molar-refractivity contribution in [2.45, 2.75) is 24.9 Å². The van der Waals surface area contributed by atoms with Crippen molar-refractivity contribution in [2.24, 2.45) is 0 Å². The van der Waals surface area contributed by atoms with Crippen LogP contribution < -0.4 is 5.32 Å². The lowest BCUT2D eigenvalue weighted by Gasteiger charge is -2.18. The lowest BCUT2D eigenvalue weighted by atomic mass is 9.90. The first-order valence-electron chi connectivity index (χ1n) is 11.1. The van der Waals surface area contributed by atoms with Gasteiger partial charge in [0.15, 0.2) is 0 Å². The number of carbonyl (C=O) groups is 3. The van der Waals surface area contributed by atoms with Crippen LogP contribution in [0, 0.1) is 0 Å². The molecule has 6 heteroatoms. The van der Waals surface area contributed by atoms with E-state index < -0.39 is 5.92 Å². The zero-order valence-corrected chi connectivity index (χ0v) is 18.1. The number of rotatable bonds is 6. The fourth-order valence-electron chi connectivity index (χ4n) is 4.53. The van der Waals surface area contributed by atoms with Crippen LogP contribution in [0.25, 0.3) is 0 Å². The Hall–Kier alpha value is -3.77. The molecule has 166 valence electrons. The molecule has 5 rings (SSSR count). The molecule has 6 nitrogen and oxygen atoms in total. The van der Waals surface area contributed by atoms with Gasteiger partial charge in [-0.1, -0.05) is 60.7 Å². The van der Waals surface area contributed by atoms with Crippen LogP contribution >= 0.6 is 0 Å². The van der Waals surface area contributed by atoms with Crippen LogP contribution in [0.2, 0.25) is 0 Å². The number of hydrogen-bond donors (Lipinski definition) is 1. The van der Waals surface area contributed by atoms with Crippen LogP contribution in [0.5, 0.6) is 0 Å². The van der Waals surface area contributed by atoms with E-state index in [0.29, 0.717) is 23.4 Å². The standard InChI is InChI=1S/C27H24N2O4/c30-25(24(18-8-3-1-4-9-18)19-10-5-2-6-11-19)28-20-13-14-22-23(16-20)27(32)29(26(22)31)17-21-12-7-15-33-21/h1-6,8-11,13-14,16,21,24H,7,12,15,17H2,(H,28,30)/t21-/m1/s1. The normalized spacial score (nSPS) is 17.5. The number of imide groups is 1. The molecule has 0 radical (unpaired) electrons. The van der Waals surface area contributed by atoms with Crippen molar-refractivity contribution in [1.29, 1.82) is 0 Å². The first-order valence-corrected chi connectivity index (χ1v) is 11.1. The van der Waals surface area contributed by atoms with Crippen molar-refractivity contribution in [3.05, 3.63) is 101 Å². The summed E-state index contributed by atoms with van der Waals surface area (Å²) >= 11 is 0. The molecule has 0 spiro atoms. The van der Waals surface area contributed by atoms with E-state index in [1.807, 2.05) is 60.7 Å². The van der Waals surface area contributed by atoms with Gasteiger partial charge in [0.2, 0.25) is 5.91 Å². The summed E-state index contributed by atoms with van der Waals surface area (Å²) in [5.41, 5.74) is 2.90. The van der Waals surface area contributed by atoms with Gasteiger partial charge in [0.1, 0.15) is 0 Å². The number of nitrogens with one attached hydrogen (secondary N) is 1.